The molecule has 25 heavy (non-hydrogen) atoms. The highest BCUT2D eigenvalue weighted by atomic mass is 19.4. The van der Waals surface area contributed by atoms with Crippen molar-refractivity contribution >= 4 is 5.91 Å². The Kier molecular flexibility index (Phi) is 4.81. The molecule has 0 spiro atoms. The Balaban J connectivity index is 1.74. The molecule has 3 nitrogen and oxygen atoms in total. The first-order valence-electron chi connectivity index (χ1n) is 8.12. The van der Waals surface area contributed by atoms with Crippen LogP contribution in [0.25, 0.3) is 11.1 Å². The summed E-state index contributed by atoms with van der Waals surface area (Å²) in [6.07, 6.45) is -3.40. The Bertz CT molecular complexity index is 733. The van der Waals surface area contributed by atoms with Gasteiger partial charge in [-0.05, 0) is 48.4 Å². The lowest BCUT2D eigenvalue weighted by Gasteiger charge is -2.23. The summed E-state index contributed by atoms with van der Waals surface area (Å²) in [5.74, 6) is -0.0485. The molecule has 3 rings (SSSR count). The van der Waals surface area contributed by atoms with Crippen LogP contribution in [0.5, 0.6) is 0 Å². The SMILES string of the molecule is CN(C(=O)c1ccc(-c2ccc(C(F)(F)F)cc2)cc1)[C@@H]1CCNC1. The fourth-order valence-corrected chi connectivity index (χ4v) is 3.00. The summed E-state index contributed by atoms with van der Waals surface area (Å²) < 4.78 is 37.9. The van der Waals surface area contributed by atoms with E-state index in [0.29, 0.717) is 11.1 Å². The molecule has 0 unspecified atom stereocenters. The van der Waals surface area contributed by atoms with E-state index in [1.807, 2.05) is 0 Å². The van der Waals surface area contributed by atoms with Gasteiger partial charge in [-0.1, -0.05) is 24.3 Å². The third-order valence-corrected chi connectivity index (χ3v) is 4.58. The molecule has 1 aliphatic heterocycles. The summed E-state index contributed by atoms with van der Waals surface area (Å²) in [5, 5.41) is 3.23. The maximum Gasteiger partial charge on any atom is 0.416 e. The van der Waals surface area contributed by atoms with Crippen LogP contribution in [0.1, 0.15) is 22.3 Å². The molecule has 6 heteroatoms. The largest absolute Gasteiger partial charge is 0.416 e. The fraction of sp³-hybridized carbons (Fsp3) is 0.316. The van der Waals surface area contributed by atoms with Gasteiger partial charge >= 0.3 is 6.18 Å². The molecule has 0 bridgehead atoms. The van der Waals surface area contributed by atoms with Crippen LogP contribution in [-0.2, 0) is 6.18 Å². The summed E-state index contributed by atoms with van der Waals surface area (Å²) >= 11 is 0. The molecule has 1 amide bonds. The minimum atomic E-state index is -4.34. The van der Waals surface area contributed by atoms with Crippen LogP contribution in [0.2, 0.25) is 0 Å². The molecule has 1 aliphatic rings. The summed E-state index contributed by atoms with van der Waals surface area (Å²) in [5.41, 5.74) is 1.36. The zero-order valence-electron chi connectivity index (χ0n) is 13.8. The lowest BCUT2D eigenvalue weighted by atomic mass is 10.0. The molecule has 0 aliphatic carbocycles. The zero-order valence-corrected chi connectivity index (χ0v) is 13.8. The molecule has 2 aromatic rings. The zero-order chi connectivity index (χ0) is 18.0. The molecule has 0 aromatic heterocycles. The Labute approximate surface area is 144 Å². The van der Waals surface area contributed by atoms with Gasteiger partial charge in [0.1, 0.15) is 0 Å². The average molecular weight is 348 g/mol. The Morgan fingerprint density at radius 3 is 2.08 bits per heavy atom. The van der Waals surface area contributed by atoms with Gasteiger partial charge in [-0.3, -0.25) is 4.79 Å². The second kappa shape index (κ2) is 6.88. The van der Waals surface area contributed by atoms with Crippen molar-refractivity contribution in [1.29, 1.82) is 0 Å². The second-order valence-corrected chi connectivity index (χ2v) is 6.22. The first-order chi connectivity index (χ1) is 11.9. The highest BCUT2D eigenvalue weighted by Crippen LogP contribution is 2.31. The molecule has 2 aromatic carbocycles. The number of hydrogen-bond acceptors (Lipinski definition) is 2. The highest BCUT2D eigenvalue weighted by Gasteiger charge is 2.30. The van der Waals surface area contributed by atoms with Crippen molar-refractivity contribution in [2.24, 2.45) is 0 Å². The molecular formula is C19H19F3N2O. The van der Waals surface area contributed by atoms with Gasteiger partial charge in [-0.15, -0.1) is 0 Å². The molecule has 1 heterocycles. The highest BCUT2D eigenvalue weighted by molar-refractivity contribution is 5.94. The maximum absolute atomic E-state index is 12.6. The predicted octanol–water partition coefficient (Wildman–Crippen LogP) is 3.81. The van der Waals surface area contributed by atoms with Crippen molar-refractivity contribution in [1.82, 2.24) is 10.2 Å². The van der Waals surface area contributed by atoms with Crippen molar-refractivity contribution < 1.29 is 18.0 Å². The van der Waals surface area contributed by atoms with Gasteiger partial charge in [0, 0.05) is 25.2 Å². The first-order valence-corrected chi connectivity index (χ1v) is 8.12. The number of nitrogens with one attached hydrogen (secondary N) is 1. The lowest BCUT2D eigenvalue weighted by molar-refractivity contribution is -0.137. The van der Waals surface area contributed by atoms with Crippen LogP contribution in [-0.4, -0.2) is 37.0 Å². The summed E-state index contributed by atoms with van der Waals surface area (Å²) in [6.45, 7) is 1.71. The molecule has 1 N–H and O–H groups in total. The van der Waals surface area contributed by atoms with E-state index in [4.69, 9.17) is 0 Å². The number of carbonyl (C=O) groups excluding carboxylic acids is 1. The van der Waals surface area contributed by atoms with Gasteiger partial charge in [0.2, 0.25) is 0 Å². The van der Waals surface area contributed by atoms with Gasteiger partial charge in [0.25, 0.3) is 5.91 Å². The molecular weight excluding hydrogens is 329 g/mol. The Morgan fingerprint density at radius 2 is 1.60 bits per heavy atom. The first kappa shape index (κ1) is 17.5. The third-order valence-electron chi connectivity index (χ3n) is 4.58. The van der Waals surface area contributed by atoms with E-state index in [0.717, 1.165) is 37.2 Å². The molecule has 1 atom stereocenters. The van der Waals surface area contributed by atoms with Crippen LogP contribution >= 0.6 is 0 Å². The minimum absolute atomic E-state index is 0.0485. The number of alkyl halides is 3. The van der Waals surface area contributed by atoms with E-state index in [1.54, 1.807) is 36.2 Å². The smallest absolute Gasteiger partial charge is 0.337 e. The van der Waals surface area contributed by atoms with E-state index in [1.165, 1.54) is 12.1 Å². The number of nitrogens with zero attached hydrogens (tertiary/aromatic N) is 1. The number of likely N-dealkylation sites (N-methyl/N-ethyl adjacent to an activating group) is 1. The van der Waals surface area contributed by atoms with Gasteiger partial charge in [0.05, 0.1) is 5.56 Å². The van der Waals surface area contributed by atoms with Gasteiger partial charge < -0.3 is 10.2 Å². The van der Waals surface area contributed by atoms with Crippen molar-refractivity contribution in [2.75, 3.05) is 20.1 Å². The molecule has 1 saturated heterocycles. The van der Waals surface area contributed by atoms with Gasteiger partial charge in [0.15, 0.2) is 0 Å². The summed E-state index contributed by atoms with van der Waals surface area (Å²) in [4.78, 5) is 14.3. The summed E-state index contributed by atoms with van der Waals surface area (Å²) in [7, 11) is 1.80. The van der Waals surface area contributed by atoms with E-state index in [-0.39, 0.29) is 11.9 Å². The van der Waals surface area contributed by atoms with Crippen molar-refractivity contribution in [3.05, 3.63) is 59.7 Å². The number of carbonyl (C=O) groups is 1. The molecule has 0 saturated carbocycles. The van der Waals surface area contributed by atoms with Gasteiger partial charge in [-0.25, -0.2) is 0 Å². The average Bonchev–Trinajstić information content (AvgIpc) is 3.14. The predicted molar refractivity (Wildman–Crippen MR) is 90.2 cm³/mol. The number of rotatable bonds is 3. The molecule has 132 valence electrons. The normalized spacial score (nSPS) is 17.5. The number of hydrogen-bond donors (Lipinski definition) is 1. The molecule has 0 radical (unpaired) electrons. The van der Waals surface area contributed by atoms with Crippen LogP contribution in [0.3, 0.4) is 0 Å². The van der Waals surface area contributed by atoms with E-state index in [2.05, 4.69) is 5.32 Å². The maximum atomic E-state index is 12.6. The number of benzene rings is 2. The Morgan fingerprint density at radius 1 is 1.04 bits per heavy atom. The Hall–Kier alpha value is -2.34. The number of amides is 1. The van der Waals surface area contributed by atoms with Crippen LogP contribution in [0.15, 0.2) is 48.5 Å². The quantitative estimate of drug-likeness (QED) is 0.915. The van der Waals surface area contributed by atoms with Crippen molar-refractivity contribution in [3.63, 3.8) is 0 Å². The van der Waals surface area contributed by atoms with E-state index in [9.17, 15) is 18.0 Å². The van der Waals surface area contributed by atoms with E-state index >= 15 is 0 Å². The number of halogens is 3. The topological polar surface area (TPSA) is 32.3 Å². The monoisotopic (exact) mass is 348 g/mol. The second-order valence-electron chi connectivity index (χ2n) is 6.22. The van der Waals surface area contributed by atoms with Crippen molar-refractivity contribution in [2.45, 2.75) is 18.6 Å². The third kappa shape index (κ3) is 3.85. The van der Waals surface area contributed by atoms with Crippen LogP contribution in [0, 0.1) is 0 Å². The fourth-order valence-electron chi connectivity index (χ4n) is 3.00. The standard InChI is InChI=1S/C19H19F3N2O/c1-24(17-10-11-23-12-17)18(25)15-4-2-13(3-5-15)14-6-8-16(9-7-14)19(20,21)22/h2-9,17,23H,10-12H2,1H3/t17-/m1/s1. The molecule has 1 fully saturated rings. The van der Waals surface area contributed by atoms with Gasteiger partial charge in [-0.2, -0.15) is 13.2 Å². The van der Waals surface area contributed by atoms with Crippen LogP contribution in [0.4, 0.5) is 13.2 Å². The van der Waals surface area contributed by atoms with E-state index < -0.39 is 11.7 Å². The summed E-state index contributed by atoms with van der Waals surface area (Å²) in [6, 6.07) is 12.2. The van der Waals surface area contributed by atoms with Crippen molar-refractivity contribution in [3.8, 4) is 11.1 Å². The minimum Gasteiger partial charge on any atom is -0.337 e. The lowest BCUT2D eigenvalue weighted by Crippen LogP contribution is -2.38. The van der Waals surface area contributed by atoms with Crippen LogP contribution < -0.4 is 5.32 Å².